The minimum Gasteiger partial charge on any atom is -0.384 e. The molecule has 0 unspecified atom stereocenters. The smallest absolute Gasteiger partial charge is 0.274 e. The van der Waals surface area contributed by atoms with Crippen molar-refractivity contribution >= 4 is 28.9 Å². The first-order valence-electron chi connectivity index (χ1n) is 6.56. The average molecular weight is 308 g/mol. The molecule has 0 saturated heterocycles. The highest BCUT2D eigenvalue weighted by Gasteiger charge is 2.09. The number of benzene rings is 1. The molecule has 0 atom stereocenters. The molecule has 1 amide bonds. The van der Waals surface area contributed by atoms with Crippen LogP contribution in [0.3, 0.4) is 0 Å². The number of hydrogen-bond acceptors (Lipinski definition) is 3. The maximum Gasteiger partial charge on any atom is 0.274 e. The molecule has 2 rings (SSSR count). The Bertz CT molecular complexity index is 611. The number of rotatable bonds is 5. The molecular weight excluding hydrogens is 293 g/mol. The van der Waals surface area contributed by atoms with E-state index in [2.05, 4.69) is 22.5 Å². The molecule has 0 aliphatic rings. The predicted octanol–water partition coefficient (Wildman–Crippen LogP) is 3.95. The number of nitrogens with zero attached hydrogens (tertiary/aromatic N) is 1. The van der Waals surface area contributed by atoms with Crippen molar-refractivity contribution in [1.82, 2.24) is 4.98 Å². The van der Waals surface area contributed by atoms with Gasteiger partial charge in [0.2, 0.25) is 0 Å². The van der Waals surface area contributed by atoms with Crippen LogP contribution in [-0.2, 0) is 0 Å². The molecule has 1 aromatic heterocycles. The van der Waals surface area contributed by atoms with E-state index in [4.69, 9.17) is 11.6 Å². The van der Waals surface area contributed by atoms with Gasteiger partial charge in [-0.15, -0.1) is 0 Å². The van der Waals surface area contributed by atoms with Crippen molar-refractivity contribution in [3.8, 4) is 0 Å². The third-order valence-corrected chi connectivity index (χ3v) is 2.91. The Morgan fingerprint density at radius 2 is 2.10 bits per heavy atom. The van der Waals surface area contributed by atoms with E-state index >= 15 is 0 Å². The number of hydrogen-bond donors (Lipinski definition) is 2. The summed E-state index contributed by atoms with van der Waals surface area (Å²) < 4.78 is 13.2. The number of halogens is 2. The SMILES string of the molecule is CCCNc1ccc(C(=O)Nc2cc(F)cc(Cl)c2)nc1. The number of nitrogens with one attached hydrogen (secondary N) is 2. The first kappa shape index (κ1) is 15.3. The third-order valence-electron chi connectivity index (χ3n) is 2.70. The van der Waals surface area contributed by atoms with Gasteiger partial charge in [-0.05, 0) is 36.8 Å². The zero-order valence-corrected chi connectivity index (χ0v) is 12.2. The first-order chi connectivity index (χ1) is 10.1. The Morgan fingerprint density at radius 3 is 2.71 bits per heavy atom. The fourth-order valence-corrected chi connectivity index (χ4v) is 1.94. The molecule has 0 fully saturated rings. The summed E-state index contributed by atoms with van der Waals surface area (Å²) in [7, 11) is 0. The quantitative estimate of drug-likeness (QED) is 0.879. The minimum atomic E-state index is -0.509. The van der Waals surface area contributed by atoms with E-state index in [1.807, 2.05) is 0 Å². The van der Waals surface area contributed by atoms with E-state index in [-0.39, 0.29) is 10.7 Å². The summed E-state index contributed by atoms with van der Waals surface area (Å²) in [5.41, 5.74) is 1.39. The van der Waals surface area contributed by atoms with Crippen LogP contribution in [0.25, 0.3) is 0 Å². The van der Waals surface area contributed by atoms with E-state index in [0.29, 0.717) is 5.69 Å². The van der Waals surface area contributed by atoms with Gasteiger partial charge in [0.05, 0.1) is 11.9 Å². The van der Waals surface area contributed by atoms with E-state index in [0.717, 1.165) is 18.7 Å². The third kappa shape index (κ3) is 4.43. The number of aromatic nitrogens is 1. The lowest BCUT2D eigenvalue weighted by Crippen LogP contribution is -2.14. The molecule has 0 aliphatic carbocycles. The standard InChI is InChI=1S/C15H15ClFN3O/c1-2-5-18-12-3-4-14(19-9-12)15(21)20-13-7-10(16)6-11(17)8-13/h3-4,6-9,18H,2,5H2,1H3,(H,20,21). The first-order valence-corrected chi connectivity index (χ1v) is 6.93. The highest BCUT2D eigenvalue weighted by atomic mass is 35.5. The van der Waals surface area contributed by atoms with Gasteiger partial charge >= 0.3 is 0 Å². The number of pyridine rings is 1. The van der Waals surface area contributed by atoms with Gasteiger partial charge in [0.25, 0.3) is 5.91 Å². The molecule has 1 heterocycles. The largest absolute Gasteiger partial charge is 0.384 e. The van der Waals surface area contributed by atoms with Gasteiger partial charge in [-0.1, -0.05) is 18.5 Å². The van der Waals surface area contributed by atoms with E-state index in [1.54, 1.807) is 18.3 Å². The lowest BCUT2D eigenvalue weighted by molar-refractivity contribution is 0.102. The van der Waals surface area contributed by atoms with Crippen LogP contribution in [-0.4, -0.2) is 17.4 Å². The monoisotopic (exact) mass is 307 g/mol. The van der Waals surface area contributed by atoms with Gasteiger partial charge in [0.1, 0.15) is 11.5 Å². The Labute approximate surface area is 127 Å². The molecule has 0 saturated carbocycles. The van der Waals surface area contributed by atoms with Crippen LogP contribution in [0.2, 0.25) is 5.02 Å². The lowest BCUT2D eigenvalue weighted by Gasteiger charge is -2.07. The summed E-state index contributed by atoms with van der Waals surface area (Å²) in [6.45, 7) is 2.90. The van der Waals surface area contributed by atoms with Gasteiger partial charge in [0, 0.05) is 17.3 Å². The zero-order valence-electron chi connectivity index (χ0n) is 11.5. The van der Waals surface area contributed by atoms with Crippen LogP contribution < -0.4 is 10.6 Å². The second-order valence-corrected chi connectivity index (χ2v) is 4.91. The maximum atomic E-state index is 13.2. The van der Waals surface area contributed by atoms with Gasteiger partial charge in [0.15, 0.2) is 0 Å². The molecule has 110 valence electrons. The summed E-state index contributed by atoms with van der Waals surface area (Å²) >= 11 is 5.73. The second-order valence-electron chi connectivity index (χ2n) is 4.47. The normalized spacial score (nSPS) is 10.2. The minimum absolute atomic E-state index is 0.220. The van der Waals surface area contributed by atoms with Crippen LogP contribution in [0, 0.1) is 5.82 Å². The Balaban J connectivity index is 2.06. The molecule has 1 aromatic carbocycles. The summed E-state index contributed by atoms with van der Waals surface area (Å²) in [6.07, 6.45) is 2.59. The topological polar surface area (TPSA) is 54.0 Å². The number of anilines is 2. The summed E-state index contributed by atoms with van der Waals surface area (Å²) in [5.74, 6) is -0.927. The number of amides is 1. The summed E-state index contributed by atoms with van der Waals surface area (Å²) in [6, 6.07) is 7.22. The Kier molecular flexibility index (Phi) is 5.11. The molecule has 21 heavy (non-hydrogen) atoms. The fourth-order valence-electron chi connectivity index (χ4n) is 1.72. The van der Waals surface area contributed by atoms with Crippen molar-refractivity contribution in [2.24, 2.45) is 0 Å². The van der Waals surface area contributed by atoms with Crippen LogP contribution in [0.15, 0.2) is 36.5 Å². The molecule has 0 spiro atoms. The van der Waals surface area contributed by atoms with Crippen molar-refractivity contribution in [3.63, 3.8) is 0 Å². The molecular formula is C15H15ClFN3O. The van der Waals surface area contributed by atoms with Crippen molar-refractivity contribution in [1.29, 1.82) is 0 Å². The average Bonchev–Trinajstić information content (AvgIpc) is 2.44. The molecule has 2 N–H and O–H groups in total. The van der Waals surface area contributed by atoms with Gasteiger partial charge < -0.3 is 10.6 Å². The van der Waals surface area contributed by atoms with Crippen molar-refractivity contribution in [3.05, 3.63) is 53.1 Å². The molecule has 2 aromatic rings. The summed E-state index contributed by atoms with van der Waals surface area (Å²) in [4.78, 5) is 16.1. The number of carbonyl (C=O) groups is 1. The molecule has 4 nitrogen and oxygen atoms in total. The highest BCUT2D eigenvalue weighted by Crippen LogP contribution is 2.18. The van der Waals surface area contributed by atoms with Crippen LogP contribution in [0.5, 0.6) is 0 Å². The van der Waals surface area contributed by atoms with Gasteiger partial charge in [-0.25, -0.2) is 9.37 Å². The van der Waals surface area contributed by atoms with Gasteiger partial charge in [-0.2, -0.15) is 0 Å². The predicted molar refractivity (Wildman–Crippen MR) is 82.4 cm³/mol. The van der Waals surface area contributed by atoms with E-state index in [9.17, 15) is 9.18 Å². The molecule has 0 aliphatic heterocycles. The van der Waals surface area contributed by atoms with Crippen LogP contribution in [0.1, 0.15) is 23.8 Å². The Morgan fingerprint density at radius 1 is 1.29 bits per heavy atom. The van der Waals surface area contributed by atoms with Gasteiger partial charge in [-0.3, -0.25) is 4.79 Å². The highest BCUT2D eigenvalue weighted by molar-refractivity contribution is 6.31. The lowest BCUT2D eigenvalue weighted by atomic mass is 10.2. The van der Waals surface area contributed by atoms with Crippen LogP contribution >= 0.6 is 11.6 Å². The van der Waals surface area contributed by atoms with Crippen molar-refractivity contribution in [2.45, 2.75) is 13.3 Å². The Hall–Kier alpha value is -2.14. The second kappa shape index (κ2) is 7.04. The van der Waals surface area contributed by atoms with Crippen molar-refractivity contribution in [2.75, 3.05) is 17.2 Å². The molecule has 6 heteroatoms. The zero-order chi connectivity index (χ0) is 15.2. The fraction of sp³-hybridized carbons (Fsp3) is 0.200. The molecule has 0 radical (unpaired) electrons. The molecule has 0 bridgehead atoms. The number of carbonyl (C=O) groups excluding carboxylic acids is 1. The van der Waals surface area contributed by atoms with Crippen LogP contribution in [0.4, 0.5) is 15.8 Å². The van der Waals surface area contributed by atoms with Crippen molar-refractivity contribution < 1.29 is 9.18 Å². The maximum absolute atomic E-state index is 13.2. The van der Waals surface area contributed by atoms with E-state index in [1.165, 1.54) is 18.2 Å². The summed E-state index contributed by atoms with van der Waals surface area (Å²) in [5, 5.41) is 5.94. The van der Waals surface area contributed by atoms with E-state index < -0.39 is 11.7 Å².